The quantitative estimate of drug-likeness (QED) is 0.332. The van der Waals surface area contributed by atoms with Crippen LogP contribution in [0.3, 0.4) is 0 Å². The van der Waals surface area contributed by atoms with Gasteiger partial charge in [-0.05, 0) is 60.4 Å². The van der Waals surface area contributed by atoms with Gasteiger partial charge in [0.1, 0.15) is 12.2 Å². The average Bonchev–Trinajstić information content (AvgIpc) is 3.28. The number of thiophene rings is 1. The number of hydrogen-bond donors (Lipinski definition) is 1. The smallest absolute Gasteiger partial charge is 0.303 e. The molecule has 0 saturated carbocycles. The molecule has 0 radical (unpaired) electrons. The van der Waals surface area contributed by atoms with Crippen LogP contribution >= 0.6 is 11.3 Å². The van der Waals surface area contributed by atoms with Gasteiger partial charge in [-0.1, -0.05) is 37.3 Å². The summed E-state index contributed by atoms with van der Waals surface area (Å²) in [4.78, 5) is 26.2. The van der Waals surface area contributed by atoms with Crippen molar-refractivity contribution >= 4 is 29.0 Å². The molecular formula is C29H33NO5S. The molecule has 0 aliphatic carbocycles. The molecule has 5 atom stereocenters. The largest absolute Gasteiger partial charge is 0.458 e. The highest BCUT2D eigenvalue weighted by atomic mass is 32.1. The number of nitrogens with two attached hydrogens (primary N) is 1. The van der Waals surface area contributed by atoms with Gasteiger partial charge in [0.25, 0.3) is 0 Å². The lowest BCUT2D eigenvalue weighted by Gasteiger charge is -2.43. The maximum atomic E-state index is 12.0. The Morgan fingerprint density at radius 1 is 0.972 bits per heavy atom. The van der Waals surface area contributed by atoms with Gasteiger partial charge in [0.15, 0.2) is 6.10 Å². The van der Waals surface area contributed by atoms with Crippen LogP contribution in [0.15, 0.2) is 54.6 Å². The van der Waals surface area contributed by atoms with E-state index in [1.807, 2.05) is 38.1 Å². The molecule has 6 nitrogen and oxygen atoms in total. The first kappa shape index (κ1) is 25.9. The van der Waals surface area contributed by atoms with E-state index in [0.29, 0.717) is 0 Å². The lowest BCUT2D eigenvalue weighted by molar-refractivity contribution is -0.222. The van der Waals surface area contributed by atoms with Crippen LogP contribution < -0.4 is 5.73 Å². The van der Waals surface area contributed by atoms with E-state index in [1.165, 1.54) is 23.6 Å². The van der Waals surface area contributed by atoms with E-state index in [4.69, 9.17) is 19.9 Å². The topological polar surface area (TPSA) is 87.8 Å². The lowest BCUT2D eigenvalue weighted by atomic mass is 9.85. The predicted molar refractivity (Wildman–Crippen MR) is 142 cm³/mol. The van der Waals surface area contributed by atoms with Crippen LogP contribution in [-0.2, 0) is 30.2 Å². The van der Waals surface area contributed by atoms with Crippen LogP contribution in [-0.4, -0.2) is 30.3 Å². The van der Waals surface area contributed by atoms with Crippen molar-refractivity contribution in [3.63, 3.8) is 0 Å². The van der Waals surface area contributed by atoms with E-state index in [-0.39, 0.29) is 12.0 Å². The van der Waals surface area contributed by atoms with Crippen LogP contribution in [0.1, 0.15) is 55.4 Å². The summed E-state index contributed by atoms with van der Waals surface area (Å²) in [5.41, 5.74) is 11.0. The minimum atomic E-state index is -0.731. The van der Waals surface area contributed by atoms with Crippen molar-refractivity contribution in [3.8, 4) is 10.4 Å². The average molecular weight is 508 g/mol. The Morgan fingerprint density at radius 3 is 2.39 bits per heavy atom. The van der Waals surface area contributed by atoms with Crippen LogP contribution in [0, 0.1) is 12.8 Å². The molecule has 1 saturated heterocycles. The predicted octanol–water partition coefficient (Wildman–Crippen LogP) is 5.86. The van der Waals surface area contributed by atoms with E-state index in [1.54, 1.807) is 11.3 Å². The Morgan fingerprint density at radius 2 is 1.69 bits per heavy atom. The highest BCUT2D eigenvalue weighted by molar-refractivity contribution is 7.15. The summed E-state index contributed by atoms with van der Waals surface area (Å²) in [5, 5.41) is 0. The Bertz CT molecular complexity index is 1250. The summed E-state index contributed by atoms with van der Waals surface area (Å²) < 4.78 is 17.7. The van der Waals surface area contributed by atoms with Crippen molar-refractivity contribution < 1.29 is 23.8 Å². The van der Waals surface area contributed by atoms with Crippen LogP contribution in [0.5, 0.6) is 0 Å². The number of rotatable bonds is 6. The van der Waals surface area contributed by atoms with Crippen molar-refractivity contribution in [2.45, 2.75) is 65.5 Å². The number of carbonyl (C=O) groups is 2. The third-order valence-electron chi connectivity index (χ3n) is 6.75. The molecule has 1 aliphatic rings. The van der Waals surface area contributed by atoms with E-state index in [9.17, 15) is 9.59 Å². The highest BCUT2D eigenvalue weighted by Gasteiger charge is 2.47. The first-order chi connectivity index (χ1) is 17.1. The molecule has 0 amide bonds. The molecule has 1 aromatic heterocycles. The van der Waals surface area contributed by atoms with Crippen molar-refractivity contribution in [1.29, 1.82) is 0 Å². The number of aryl methyl sites for hydroxylation is 1. The van der Waals surface area contributed by atoms with Crippen molar-refractivity contribution in [3.05, 3.63) is 76.2 Å². The Kier molecular flexibility index (Phi) is 7.81. The summed E-state index contributed by atoms with van der Waals surface area (Å²) in [6.07, 6.45) is -1.30. The zero-order chi connectivity index (χ0) is 26.0. The fourth-order valence-corrected chi connectivity index (χ4v) is 5.72. The van der Waals surface area contributed by atoms with Gasteiger partial charge in [-0.15, -0.1) is 11.3 Å². The summed E-state index contributed by atoms with van der Waals surface area (Å²) in [7, 11) is 0. The Hall–Kier alpha value is -3.16. The molecule has 1 unspecified atom stereocenters. The molecular weight excluding hydrogens is 474 g/mol. The van der Waals surface area contributed by atoms with E-state index < -0.39 is 30.3 Å². The molecule has 2 heterocycles. The number of anilines is 1. The third-order valence-corrected chi connectivity index (χ3v) is 7.88. The van der Waals surface area contributed by atoms with Gasteiger partial charge in [-0.25, -0.2) is 0 Å². The molecule has 4 rings (SSSR count). The van der Waals surface area contributed by atoms with E-state index >= 15 is 0 Å². The fourth-order valence-electron chi connectivity index (χ4n) is 4.69. The number of benzene rings is 2. The zero-order valence-electron chi connectivity index (χ0n) is 21.3. The second-order valence-corrected chi connectivity index (χ2v) is 10.7. The standard InChI is InChI=1S/C29H33NO5S/c1-16-9-10-22(28-29(35-20(5)32)27(34-19(4)31)17(2)18(3)33-28)13-23(16)15-25-11-12-26(36-25)21-7-6-8-24(30)14-21/h6-14,17-18,27-29H,15,30H2,1-5H3/t17-,18-,27+,28?,29-/m1/s1. The van der Waals surface area contributed by atoms with E-state index in [0.717, 1.165) is 34.4 Å². The highest BCUT2D eigenvalue weighted by Crippen LogP contribution is 2.39. The molecule has 2 aromatic carbocycles. The summed E-state index contributed by atoms with van der Waals surface area (Å²) in [5.74, 6) is -0.974. The minimum absolute atomic E-state index is 0.129. The molecule has 1 aliphatic heterocycles. The first-order valence-electron chi connectivity index (χ1n) is 12.2. The number of hydrogen-bond acceptors (Lipinski definition) is 7. The van der Waals surface area contributed by atoms with Crippen LogP contribution in [0.4, 0.5) is 5.69 Å². The first-order valence-corrected chi connectivity index (χ1v) is 13.0. The van der Waals surface area contributed by atoms with Gasteiger partial charge in [-0.3, -0.25) is 9.59 Å². The molecule has 7 heteroatoms. The van der Waals surface area contributed by atoms with Gasteiger partial charge < -0.3 is 19.9 Å². The number of nitrogen functional groups attached to an aromatic ring is 1. The van der Waals surface area contributed by atoms with Crippen LogP contribution in [0.2, 0.25) is 0 Å². The number of ether oxygens (including phenoxy) is 3. The maximum absolute atomic E-state index is 12.0. The Labute approximate surface area is 216 Å². The Balaban J connectivity index is 1.63. The van der Waals surface area contributed by atoms with Gasteiger partial charge in [0.05, 0.1) is 6.10 Å². The number of carbonyl (C=O) groups excluding carboxylic acids is 2. The summed E-state index contributed by atoms with van der Waals surface area (Å²) in [6, 6.07) is 18.4. The molecule has 190 valence electrons. The summed E-state index contributed by atoms with van der Waals surface area (Å²) in [6.45, 7) is 8.72. The zero-order valence-corrected chi connectivity index (χ0v) is 22.1. The van der Waals surface area contributed by atoms with Crippen LogP contribution in [0.25, 0.3) is 10.4 Å². The van der Waals surface area contributed by atoms with Gasteiger partial charge in [0, 0.05) is 41.6 Å². The van der Waals surface area contributed by atoms with Gasteiger partial charge in [0.2, 0.25) is 0 Å². The maximum Gasteiger partial charge on any atom is 0.303 e. The van der Waals surface area contributed by atoms with Crippen molar-refractivity contribution in [2.24, 2.45) is 5.92 Å². The second kappa shape index (κ2) is 10.8. The molecule has 1 fully saturated rings. The minimum Gasteiger partial charge on any atom is -0.458 e. The van der Waals surface area contributed by atoms with Crippen molar-refractivity contribution in [2.75, 3.05) is 5.73 Å². The molecule has 36 heavy (non-hydrogen) atoms. The SMILES string of the molecule is CC(=O)O[C@H]1[C@H](C)[C@@H](C)OC(c2ccc(C)c(Cc3ccc(-c4cccc(N)c4)s3)c2)[C@@H]1OC(C)=O. The number of esters is 2. The molecule has 0 spiro atoms. The lowest BCUT2D eigenvalue weighted by Crippen LogP contribution is -2.52. The molecule has 3 aromatic rings. The fraction of sp³-hybridized carbons (Fsp3) is 0.379. The normalized spacial score (nSPS) is 23.8. The van der Waals surface area contributed by atoms with Gasteiger partial charge in [-0.2, -0.15) is 0 Å². The molecule has 2 N–H and O–H groups in total. The second-order valence-electron chi connectivity index (χ2n) is 9.52. The van der Waals surface area contributed by atoms with E-state index in [2.05, 4.69) is 37.3 Å². The monoisotopic (exact) mass is 507 g/mol. The van der Waals surface area contributed by atoms with Crippen molar-refractivity contribution in [1.82, 2.24) is 0 Å². The molecule has 0 bridgehead atoms. The van der Waals surface area contributed by atoms with Gasteiger partial charge >= 0.3 is 11.9 Å². The summed E-state index contributed by atoms with van der Waals surface area (Å²) >= 11 is 1.74. The third kappa shape index (κ3) is 5.79.